The Labute approximate surface area is 98.4 Å². The number of rotatable bonds is 4. The topological polar surface area (TPSA) is 58.2 Å². The molecule has 0 saturated heterocycles. The molecule has 0 N–H and O–H groups in total. The van der Waals surface area contributed by atoms with Gasteiger partial charge in [-0.2, -0.15) is 0 Å². The molecule has 0 atom stereocenters. The Morgan fingerprint density at radius 1 is 1.35 bits per heavy atom. The average Bonchev–Trinajstić information content (AvgIpc) is 2.71. The molecule has 0 aliphatic rings. The standard InChI is InChI=1S/C12H12N2O3/c1-17-12-4-2-10(3-5-12)8-13-11(9-15)6-7-14(13)16/h2-7,9H,8H2,1H3. The van der Waals surface area contributed by atoms with Crippen LogP contribution >= 0.6 is 0 Å². The lowest BCUT2D eigenvalue weighted by atomic mass is 10.2. The molecule has 1 aromatic heterocycles. The lowest BCUT2D eigenvalue weighted by Gasteiger charge is -2.06. The highest BCUT2D eigenvalue weighted by Gasteiger charge is 2.10. The van der Waals surface area contributed by atoms with Gasteiger partial charge in [0.1, 0.15) is 18.0 Å². The number of benzene rings is 1. The number of carbonyl (C=O) groups is 1. The van der Waals surface area contributed by atoms with Crippen molar-refractivity contribution in [3.8, 4) is 5.75 Å². The van der Waals surface area contributed by atoms with E-state index in [1.54, 1.807) is 7.11 Å². The summed E-state index contributed by atoms with van der Waals surface area (Å²) >= 11 is 0. The van der Waals surface area contributed by atoms with Gasteiger partial charge in [0.2, 0.25) is 6.20 Å². The van der Waals surface area contributed by atoms with Crippen LogP contribution in [0.15, 0.2) is 36.5 Å². The highest BCUT2D eigenvalue weighted by Crippen LogP contribution is 2.12. The van der Waals surface area contributed by atoms with Gasteiger partial charge in [-0.3, -0.25) is 4.79 Å². The molecule has 88 valence electrons. The predicted molar refractivity (Wildman–Crippen MR) is 60.9 cm³/mol. The fourth-order valence-corrected chi connectivity index (χ4v) is 1.59. The van der Waals surface area contributed by atoms with Crippen molar-refractivity contribution < 1.29 is 14.4 Å². The van der Waals surface area contributed by atoms with Crippen molar-refractivity contribution in [2.75, 3.05) is 7.11 Å². The van der Waals surface area contributed by atoms with Gasteiger partial charge >= 0.3 is 0 Å². The number of nitrogens with zero attached hydrogens (tertiary/aromatic N) is 2. The van der Waals surface area contributed by atoms with E-state index >= 15 is 0 Å². The van der Waals surface area contributed by atoms with E-state index in [4.69, 9.17) is 4.74 Å². The van der Waals surface area contributed by atoms with Gasteiger partial charge in [0, 0.05) is 6.07 Å². The fourth-order valence-electron chi connectivity index (χ4n) is 1.59. The maximum atomic E-state index is 11.4. The van der Waals surface area contributed by atoms with E-state index in [0.29, 0.717) is 23.4 Å². The van der Waals surface area contributed by atoms with Crippen LogP contribution in [0.1, 0.15) is 16.1 Å². The van der Waals surface area contributed by atoms with E-state index in [1.807, 2.05) is 24.3 Å². The summed E-state index contributed by atoms with van der Waals surface area (Å²) in [5.74, 6) is 0.756. The number of aromatic nitrogens is 2. The summed E-state index contributed by atoms with van der Waals surface area (Å²) in [6, 6.07) is 8.83. The molecule has 0 spiro atoms. The minimum absolute atomic E-state index is 0.356. The third-order valence-corrected chi connectivity index (χ3v) is 2.52. The van der Waals surface area contributed by atoms with E-state index < -0.39 is 0 Å². The maximum Gasteiger partial charge on any atom is 0.209 e. The minimum atomic E-state index is 0.356. The van der Waals surface area contributed by atoms with Crippen molar-refractivity contribution in [1.82, 2.24) is 4.68 Å². The Balaban J connectivity index is 2.24. The molecule has 1 aromatic carbocycles. The quantitative estimate of drug-likeness (QED) is 0.448. The molecular weight excluding hydrogens is 220 g/mol. The highest BCUT2D eigenvalue weighted by atomic mass is 16.5. The van der Waals surface area contributed by atoms with Crippen LogP contribution in [-0.4, -0.2) is 18.1 Å². The summed E-state index contributed by atoms with van der Waals surface area (Å²) in [4.78, 5) is 11.4. The van der Waals surface area contributed by atoms with Gasteiger partial charge in [-0.05, 0) is 17.7 Å². The highest BCUT2D eigenvalue weighted by molar-refractivity contribution is 5.71. The molecule has 2 rings (SSSR count). The Hall–Kier alpha value is -2.30. The molecule has 0 radical (unpaired) electrons. The number of hydrogen-bond donors (Lipinski definition) is 0. The van der Waals surface area contributed by atoms with Crippen molar-refractivity contribution in [3.05, 3.63) is 53.0 Å². The Bertz CT molecular complexity index is 517. The lowest BCUT2D eigenvalue weighted by molar-refractivity contribution is -0.693. The average molecular weight is 232 g/mol. The molecule has 0 aliphatic heterocycles. The lowest BCUT2D eigenvalue weighted by Crippen LogP contribution is -2.37. The SMILES string of the molecule is COc1ccc(Cn2c(C=O)cc[n+]2[O-])cc1. The molecule has 17 heavy (non-hydrogen) atoms. The largest absolute Gasteiger partial charge is 0.596 e. The zero-order valence-corrected chi connectivity index (χ0v) is 9.37. The van der Waals surface area contributed by atoms with Crippen LogP contribution in [-0.2, 0) is 6.54 Å². The van der Waals surface area contributed by atoms with Crippen LogP contribution in [0.5, 0.6) is 5.75 Å². The Kier molecular flexibility index (Phi) is 3.09. The molecule has 0 aliphatic carbocycles. The second kappa shape index (κ2) is 4.69. The van der Waals surface area contributed by atoms with Crippen LogP contribution < -0.4 is 9.58 Å². The minimum Gasteiger partial charge on any atom is -0.596 e. The summed E-state index contributed by atoms with van der Waals surface area (Å²) < 4.78 is 6.40. The monoisotopic (exact) mass is 232 g/mol. The van der Waals surface area contributed by atoms with E-state index in [9.17, 15) is 10.0 Å². The van der Waals surface area contributed by atoms with Gasteiger partial charge in [-0.1, -0.05) is 17.0 Å². The van der Waals surface area contributed by atoms with E-state index in [-0.39, 0.29) is 0 Å². The first kappa shape index (κ1) is 11.2. The van der Waals surface area contributed by atoms with Gasteiger partial charge in [0.25, 0.3) is 0 Å². The number of aldehydes is 1. The predicted octanol–water partition coefficient (Wildman–Crippen LogP) is 0.991. The van der Waals surface area contributed by atoms with Gasteiger partial charge in [-0.15, -0.1) is 4.68 Å². The summed E-state index contributed by atoms with van der Waals surface area (Å²) in [5, 5.41) is 11.4. The molecule has 0 bridgehead atoms. The molecule has 5 nitrogen and oxygen atoms in total. The first-order valence-electron chi connectivity index (χ1n) is 5.11. The number of hydrogen-bond acceptors (Lipinski definition) is 3. The third-order valence-electron chi connectivity index (χ3n) is 2.52. The number of ether oxygens (including phenoxy) is 1. The van der Waals surface area contributed by atoms with Crippen molar-refractivity contribution in [1.29, 1.82) is 0 Å². The zero-order chi connectivity index (χ0) is 12.3. The van der Waals surface area contributed by atoms with Gasteiger partial charge < -0.3 is 9.94 Å². The molecule has 0 saturated carbocycles. The van der Waals surface area contributed by atoms with Crippen LogP contribution in [0.25, 0.3) is 0 Å². The van der Waals surface area contributed by atoms with Crippen LogP contribution in [0, 0.1) is 5.21 Å². The molecule has 0 fully saturated rings. The van der Waals surface area contributed by atoms with E-state index in [0.717, 1.165) is 11.3 Å². The Morgan fingerprint density at radius 2 is 2.06 bits per heavy atom. The van der Waals surface area contributed by atoms with Crippen molar-refractivity contribution in [2.24, 2.45) is 0 Å². The summed E-state index contributed by atoms with van der Waals surface area (Å²) in [6.07, 6.45) is 1.98. The second-order valence-corrected chi connectivity index (χ2v) is 3.57. The maximum absolute atomic E-state index is 11.4. The number of carbonyl (C=O) groups excluding carboxylic acids is 1. The first-order valence-corrected chi connectivity index (χ1v) is 5.11. The van der Waals surface area contributed by atoms with E-state index in [1.165, 1.54) is 16.9 Å². The van der Waals surface area contributed by atoms with Crippen molar-refractivity contribution in [3.63, 3.8) is 0 Å². The van der Waals surface area contributed by atoms with Gasteiger partial charge in [0.15, 0.2) is 6.29 Å². The molecule has 5 heteroatoms. The summed E-state index contributed by atoms with van der Waals surface area (Å²) in [5.41, 5.74) is 1.28. The molecular formula is C12H12N2O3. The fraction of sp³-hybridized carbons (Fsp3) is 0.167. The van der Waals surface area contributed by atoms with Crippen LogP contribution in [0.2, 0.25) is 0 Å². The van der Waals surface area contributed by atoms with Crippen LogP contribution in [0.4, 0.5) is 0 Å². The van der Waals surface area contributed by atoms with E-state index in [2.05, 4.69) is 0 Å². The zero-order valence-electron chi connectivity index (χ0n) is 9.37. The first-order chi connectivity index (χ1) is 8.24. The second-order valence-electron chi connectivity index (χ2n) is 3.57. The third kappa shape index (κ3) is 2.28. The molecule has 1 heterocycles. The molecule has 0 amide bonds. The summed E-state index contributed by atoms with van der Waals surface area (Å²) in [7, 11) is 1.59. The van der Waals surface area contributed by atoms with Crippen molar-refractivity contribution >= 4 is 6.29 Å². The summed E-state index contributed by atoms with van der Waals surface area (Å²) in [6.45, 7) is 0.356. The van der Waals surface area contributed by atoms with Crippen molar-refractivity contribution in [2.45, 2.75) is 6.54 Å². The van der Waals surface area contributed by atoms with Crippen LogP contribution in [0.3, 0.4) is 0 Å². The molecule has 0 unspecified atom stereocenters. The van der Waals surface area contributed by atoms with Gasteiger partial charge in [-0.25, -0.2) is 0 Å². The normalized spacial score (nSPS) is 10.2. The number of methoxy groups -OCH3 is 1. The Morgan fingerprint density at radius 3 is 2.65 bits per heavy atom. The molecule has 2 aromatic rings. The smallest absolute Gasteiger partial charge is 0.209 e. The van der Waals surface area contributed by atoms with Gasteiger partial charge in [0.05, 0.1) is 7.11 Å².